The molecule has 2 aromatic rings. The normalized spacial score (nSPS) is 10.5. The van der Waals surface area contributed by atoms with Crippen molar-refractivity contribution in [2.24, 2.45) is 0 Å². The summed E-state index contributed by atoms with van der Waals surface area (Å²) in [4.78, 5) is 20.2. The van der Waals surface area contributed by atoms with E-state index in [1.807, 2.05) is 0 Å². The molecule has 0 saturated heterocycles. The van der Waals surface area contributed by atoms with E-state index in [1.165, 1.54) is 7.11 Å². The molecule has 1 heterocycles. The van der Waals surface area contributed by atoms with Gasteiger partial charge in [-0.25, -0.2) is 14.8 Å². The molecule has 0 fully saturated rings. The Morgan fingerprint density at radius 3 is 2.59 bits per heavy atom. The van der Waals surface area contributed by atoms with Crippen LogP contribution in [0.3, 0.4) is 0 Å². The fourth-order valence-corrected chi connectivity index (χ4v) is 2.05. The highest BCUT2D eigenvalue weighted by molar-refractivity contribution is 5.90. The second-order valence-corrected chi connectivity index (χ2v) is 4.76. The molecular formula is C16H19N3O3. The van der Waals surface area contributed by atoms with Crippen LogP contribution in [0.25, 0.3) is 11.3 Å². The number of hydrogen-bond donors (Lipinski definition) is 1. The van der Waals surface area contributed by atoms with Crippen LogP contribution >= 0.6 is 0 Å². The number of esters is 1. The van der Waals surface area contributed by atoms with Gasteiger partial charge in [-0.2, -0.15) is 0 Å². The number of methoxy groups -OCH3 is 2. The topological polar surface area (TPSA) is 87.3 Å². The second kappa shape index (κ2) is 7.51. The Bertz CT molecular complexity index is 642. The van der Waals surface area contributed by atoms with E-state index in [2.05, 4.69) is 14.7 Å². The molecule has 1 aromatic heterocycles. The minimum atomic E-state index is -0.376. The minimum Gasteiger partial charge on any atom is -0.465 e. The molecule has 6 heteroatoms. The van der Waals surface area contributed by atoms with Crippen LogP contribution in [0.15, 0.2) is 30.5 Å². The maximum absolute atomic E-state index is 11.4. The summed E-state index contributed by atoms with van der Waals surface area (Å²) in [5, 5.41) is 0. The highest BCUT2D eigenvalue weighted by Gasteiger charge is 2.10. The maximum Gasteiger partial charge on any atom is 0.337 e. The fraction of sp³-hybridized carbons (Fsp3) is 0.312. The van der Waals surface area contributed by atoms with Gasteiger partial charge in [0.25, 0.3) is 0 Å². The van der Waals surface area contributed by atoms with E-state index in [0.29, 0.717) is 23.7 Å². The lowest BCUT2D eigenvalue weighted by atomic mass is 10.1. The van der Waals surface area contributed by atoms with Crippen molar-refractivity contribution in [1.82, 2.24) is 9.97 Å². The summed E-state index contributed by atoms with van der Waals surface area (Å²) in [6.45, 7) is 0.676. The first-order chi connectivity index (χ1) is 10.7. The monoisotopic (exact) mass is 301 g/mol. The number of rotatable bonds is 6. The van der Waals surface area contributed by atoms with Gasteiger partial charge in [0.05, 0.1) is 24.6 Å². The van der Waals surface area contributed by atoms with Gasteiger partial charge in [-0.15, -0.1) is 0 Å². The zero-order valence-electron chi connectivity index (χ0n) is 12.7. The third kappa shape index (κ3) is 3.79. The Labute approximate surface area is 129 Å². The zero-order chi connectivity index (χ0) is 15.9. The Hall–Kier alpha value is -2.47. The van der Waals surface area contributed by atoms with Crippen molar-refractivity contribution in [3.63, 3.8) is 0 Å². The van der Waals surface area contributed by atoms with Gasteiger partial charge in [-0.3, -0.25) is 0 Å². The van der Waals surface area contributed by atoms with Crippen LogP contribution in [0.1, 0.15) is 22.5 Å². The molecular weight excluding hydrogens is 282 g/mol. The summed E-state index contributed by atoms with van der Waals surface area (Å²) >= 11 is 0. The molecule has 116 valence electrons. The zero-order valence-corrected chi connectivity index (χ0v) is 12.7. The number of benzene rings is 1. The number of nitrogens with two attached hydrogens (primary N) is 1. The molecule has 0 spiro atoms. The van der Waals surface area contributed by atoms with Gasteiger partial charge in [-0.05, 0) is 25.0 Å². The summed E-state index contributed by atoms with van der Waals surface area (Å²) in [5.74, 6) is -0.0137. The molecule has 0 atom stereocenters. The summed E-state index contributed by atoms with van der Waals surface area (Å²) < 4.78 is 9.71. The third-order valence-electron chi connectivity index (χ3n) is 3.21. The van der Waals surface area contributed by atoms with E-state index < -0.39 is 0 Å². The lowest BCUT2D eigenvalue weighted by Gasteiger charge is -2.08. The molecule has 0 amide bonds. The van der Waals surface area contributed by atoms with Crippen molar-refractivity contribution >= 4 is 11.8 Å². The number of ether oxygens (including phenoxy) is 2. The molecule has 0 saturated carbocycles. The number of nitrogen functional groups attached to an aromatic ring is 1. The quantitative estimate of drug-likeness (QED) is 0.649. The summed E-state index contributed by atoms with van der Waals surface area (Å²) in [5.41, 5.74) is 8.68. The minimum absolute atomic E-state index is 0.362. The van der Waals surface area contributed by atoms with Crippen molar-refractivity contribution < 1.29 is 14.3 Å². The number of carbonyl (C=O) groups excluding carboxylic acids is 1. The molecule has 1 aromatic carbocycles. The van der Waals surface area contributed by atoms with Crippen LogP contribution in [-0.4, -0.2) is 36.8 Å². The van der Waals surface area contributed by atoms with E-state index in [9.17, 15) is 4.79 Å². The van der Waals surface area contributed by atoms with Crippen LogP contribution < -0.4 is 5.73 Å². The molecule has 0 aliphatic heterocycles. The largest absolute Gasteiger partial charge is 0.465 e. The van der Waals surface area contributed by atoms with E-state index in [0.717, 1.165) is 24.1 Å². The van der Waals surface area contributed by atoms with Gasteiger partial charge in [0.15, 0.2) is 0 Å². The number of hydrogen-bond acceptors (Lipinski definition) is 6. The molecule has 6 nitrogen and oxygen atoms in total. The molecule has 0 aliphatic carbocycles. The Kier molecular flexibility index (Phi) is 5.43. The highest BCUT2D eigenvalue weighted by Crippen LogP contribution is 2.23. The van der Waals surface area contributed by atoms with Crippen LogP contribution in [0.4, 0.5) is 5.82 Å². The Morgan fingerprint density at radius 1 is 1.23 bits per heavy atom. The van der Waals surface area contributed by atoms with Crippen LogP contribution in [-0.2, 0) is 15.9 Å². The standard InChI is InChI=1S/C16H19N3O3/c1-21-9-3-4-13-10-18-15(17)14(19-13)11-5-7-12(8-6-11)16(20)22-2/h5-8,10H,3-4,9H2,1-2H3,(H2,17,18). The molecule has 0 bridgehead atoms. The number of carbonyl (C=O) groups is 1. The summed E-state index contributed by atoms with van der Waals surface area (Å²) in [7, 11) is 3.02. The Morgan fingerprint density at radius 2 is 1.95 bits per heavy atom. The van der Waals surface area contributed by atoms with Crippen molar-refractivity contribution in [2.75, 3.05) is 26.6 Å². The first-order valence-electron chi connectivity index (χ1n) is 6.94. The average Bonchev–Trinajstić information content (AvgIpc) is 2.56. The highest BCUT2D eigenvalue weighted by atomic mass is 16.5. The molecule has 22 heavy (non-hydrogen) atoms. The molecule has 0 radical (unpaired) electrons. The predicted octanol–water partition coefficient (Wildman–Crippen LogP) is 2.09. The molecule has 2 N–H and O–H groups in total. The first-order valence-corrected chi connectivity index (χ1v) is 6.94. The average molecular weight is 301 g/mol. The van der Waals surface area contributed by atoms with Gasteiger partial charge < -0.3 is 15.2 Å². The molecule has 2 rings (SSSR count). The summed E-state index contributed by atoms with van der Waals surface area (Å²) in [6.07, 6.45) is 3.32. The van der Waals surface area contributed by atoms with Gasteiger partial charge in [-0.1, -0.05) is 12.1 Å². The maximum atomic E-state index is 11.4. The van der Waals surface area contributed by atoms with Crippen molar-refractivity contribution in [3.05, 3.63) is 41.7 Å². The number of anilines is 1. The fourth-order valence-electron chi connectivity index (χ4n) is 2.05. The summed E-state index contributed by atoms with van der Waals surface area (Å²) in [6, 6.07) is 6.93. The van der Waals surface area contributed by atoms with Crippen LogP contribution in [0.2, 0.25) is 0 Å². The van der Waals surface area contributed by atoms with E-state index in [4.69, 9.17) is 10.5 Å². The lowest BCUT2D eigenvalue weighted by Crippen LogP contribution is -2.03. The third-order valence-corrected chi connectivity index (χ3v) is 3.21. The SMILES string of the molecule is COCCCc1cnc(N)c(-c2ccc(C(=O)OC)cc2)n1. The molecule has 0 aliphatic rings. The van der Waals surface area contributed by atoms with Gasteiger partial charge in [0.1, 0.15) is 11.5 Å². The predicted molar refractivity (Wildman–Crippen MR) is 83.4 cm³/mol. The first kappa shape index (κ1) is 15.9. The van der Waals surface area contributed by atoms with Crippen molar-refractivity contribution in [1.29, 1.82) is 0 Å². The van der Waals surface area contributed by atoms with Crippen LogP contribution in [0.5, 0.6) is 0 Å². The van der Waals surface area contributed by atoms with Gasteiger partial charge in [0.2, 0.25) is 0 Å². The number of aryl methyl sites for hydroxylation is 1. The lowest BCUT2D eigenvalue weighted by molar-refractivity contribution is 0.0601. The van der Waals surface area contributed by atoms with E-state index in [-0.39, 0.29) is 5.97 Å². The van der Waals surface area contributed by atoms with Crippen LogP contribution in [0, 0.1) is 0 Å². The van der Waals surface area contributed by atoms with Crippen molar-refractivity contribution in [3.8, 4) is 11.3 Å². The van der Waals surface area contributed by atoms with Gasteiger partial charge in [0, 0.05) is 19.3 Å². The number of aromatic nitrogens is 2. The second-order valence-electron chi connectivity index (χ2n) is 4.76. The smallest absolute Gasteiger partial charge is 0.337 e. The van der Waals surface area contributed by atoms with Gasteiger partial charge >= 0.3 is 5.97 Å². The van der Waals surface area contributed by atoms with E-state index in [1.54, 1.807) is 37.6 Å². The Balaban J connectivity index is 2.23. The van der Waals surface area contributed by atoms with E-state index >= 15 is 0 Å². The van der Waals surface area contributed by atoms with Crippen molar-refractivity contribution in [2.45, 2.75) is 12.8 Å². The molecule has 0 unspecified atom stereocenters. The number of nitrogens with zero attached hydrogens (tertiary/aromatic N) is 2.